The first-order chi connectivity index (χ1) is 10.1. The predicted octanol–water partition coefficient (Wildman–Crippen LogP) is 2.70. The lowest BCUT2D eigenvalue weighted by Gasteiger charge is -2.32. The highest BCUT2D eigenvalue weighted by molar-refractivity contribution is 6.42. The summed E-state index contributed by atoms with van der Waals surface area (Å²) in [6.07, 6.45) is 1.94. The summed E-state index contributed by atoms with van der Waals surface area (Å²) in [7, 11) is 0. The van der Waals surface area contributed by atoms with E-state index in [4.69, 9.17) is 28.9 Å². The van der Waals surface area contributed by atoms with Crippen LogP contribution in [0.2, 0.25) is 10.0 Å². The molecule has 1 heterocycles. The number of rotatable bonds is 5. The first kappa shape index (κ1) is 19.5. The second-order valence-corrected chi connectivity index (χ2v) is 6.15. The summed E-state index contributed by atoms with van der Waals surface area (Å²) in [5.74, 6) is 0.130. The molecule has 1 aromatic carbocycles. The maximum atomic E-state index is 12.0. The van der Waals surface area contributed by atoms with Crippen molar-refractivity contribution in [1.82, 2.24) is 10.2 Å². The predicted molar refractivity (Wildman–Crippen MR) is 93.8 cm³/mol. The molecule has 1 amide bonds. The molecule has 1 unspecified atom stereocenters. The van der Waals surface area contributed by atoms with E-state index in [1.54, 1.807) is 6.07 Å². The SMILES string of the molecule is Cl.NCCNC(=O)C1CCCN(Cc2cccc(Cl)c2Cl)C1. The Hall–Kier alpha value is -0.520. The summed E-state index contributed by atoms with van der Waals surface area (Å²) in [6, 6.07) is 5.66. The molecule has 4 nitrogen and oxygen atoms in total. The number of likely N-dealkylation sites (tertiary alicyclic amines) is 1. The van der Waals surface area contributed by atoms with Crippen molar-refractivity contribution in [3.8, 4) is 0 Å². The molecule has 1 atom stereocenters. The molecule has 1 aromatic rings. The number of halogens is 3. The van der Waals surface area contributed by atoms with Gasteiger partial charge in [-0.2, -0.15) is 0 Å². The quantitative estimate of drug-likeness (QED) is 0.842. The summed E-state index contributed by atoms with van der Waals surface area (Å²) in [5.41, 5.74) is 6.42. The van der Waals surface area contributed by atoms with Gasteiger partial charge in [0.2, 0.25) is 5.91 Å². The summed E-state index contributed by atoms with van der Waals surface area (Å²) >= 11 is 12.3. The van der Waals surface area contributed by atoms with E-state index in [0.717, 1.165) is 38.0 Å². The lowest BCUT2D eigenvalue weighted by Crippen LogP contribution is -2.43. The molecule has 0 spiro atoms. The Balaban J connectivity index is 0.00000242. The minimum atomic E-state index is 0. The van der Waals surface area contributed by atoms with Crippen LogP contribution in [0.4, 0.5) is 0 Å². The van der Waals surface area contributed by atoms with Gasteiger partial charge in [-0.05, 0) is 31.0 Å². The van der Waals surface area contributed by atoms with Gasteiger partial charge >= 0.3 is 0 Å². The van der Waals surface area contributed by atoms with Gasteiger partial charge in [-0.15, -0.1) is 12.4 Å². The molecule has 1 fully saturated rings. The number of benzene rings is 1. The molecule has 7 heteroatoms. The Morgan fingerprint density at radius 3 is 2.91 bits per heavy atom. The Kier molecular flexibility index (Phi) is 8.50. The number of nitrogens with two attached hydrogens (primary N) is 1. The third kappa shape index (κ3) is 5.28. The summed E-state index contributed by atoms with van der Waals surface area (Å²) in [6.45, 7) is 3.46. The number of nitrogens with one attached hydrogen (secondary N) is 1. The molecular weight excluding hydrogens is 345 g/mol. The first-order valence-electron chi connectivity index (χ1n) is 7.25. The fourth-order valence-corrected chi connectivity index (χ4v) is 3.04. The summed E-state index contributed by atoms with van der Waals surface area (Å²) in [4.78, 5) is 14.3. The topological polar surface area (TPSA) is 58.4 Å². The second kappa shape index (κ2) is 9.58. The van der Waals surface area contributed by atoms with Crippen LogP contribution >= 0.6 is 35.6 Å². The monoisotopic (exact) mass is 365 g/mol. The Morgan fingerprint density at radius 2 is 2.18 bits per heavy atom. The molecule has 124 valence electrons. The Labute approximate surface area is 147 Å². The van der Waals surface area contributed by atoms with Gasteiger partial charge in [-0.1, -0.05) is 35.3 Å². The van der Waals surface area contributed by atoms with E-state index < -0.39 is 0 Å². The van der Waals surface area contributed by atoms with Crippen molar-refractivity contribution < 1.29 is 4.79 Å². The fourth-order valence-electron chi connectivity index (χ4n) is 2.66. The zero-order chi connectivity index (χ0) is 15.2. The highest BCUT2D eigenvalue weighted by Crippen LogP contribution is 2.28. The van der Waals surface area contributed by atoms with E-state index in [1.165, 1.54) is 0 Å². The van der Waals surface area contributed by atoms with E-state index >= 15 is 0 Å². The molecule has 2 rings (SSSR count). The van der Waals surface area contributed by atoms with E-state index in [0.29, 0.717) is 23.1 Å². The molecule has 22 heavy (non-hydrogen) atoms. The van der Waals surface area contributed by atoms with Gasteiger partial charge in [0.25, 0.3) is 0 Å². The van der Waals surface area contributed by atoms with Gasteiger partial charge in [0.05, 0.1) is 16.0 Å². The van der Waals surface area contributed by atoms with Crippen LogP contribution in [-0.2, 0) is 11.3 Å². The third-order valence-electron chi connectivity index (χ3n) is 3.75. The summed E-state index contributed by atoms with van der Waals surface area (Å²) in [5, 5.41) is 4.05. The number of carbonyl (C=O) groups excluding carboxylic acids is 1. The van der Waals surface area contributed by atoms with Gasteiger partial charge in [0.1, 0.15) is 0 Å². The largest absolute Gasteiger partial charge is 0.355 e. The molecule has 0 aliphatic carbocycles. The minimum absolute atomic E-state index is 0. The van der Waals surface area contributed by atoms with E-state index in [1.807, 2.05) is 12.1 Å². The molecule has 1 aliphatic rings. The number of carbonyl (C=O) groups is 1. The molecule has 0 aromatic heterocycles. The zero-order valence-corrected chi connectivity index (χ0v) is 14.7. The maximum absolute atomic E-state index is 12.0. The van der Waals surface area contributed by atoms with Crippen LogP contribution in [0, 0.1) is 5.92 Å². The molecule has 3 N–H and O–H groups in total. The maximum Gasteiger partial charge on any atom is 0.224 e. The lowest BCUT2D eigenvalue weighted by atomic mass is 9.96. The smallest absolute Gasteiger partial charge is 0.224 e. The van der Waals surface area contributed by atoms with Crippen molar-refractivity contribution in [3.05, 3.63) is 33.8 Å². The van der Waals surface area contributed by atoms with Crippen LogP contribution in [0.25, 0.3) is 0 Å². The fraction of sp³-hybridized carbons (Fsp3) is 0.533. The van der Waals surface area contributed by atoms with Crippen molar-refractivity contribution >= 4 is 41.5 Å². The average Bonchev–Trinajstić information content (AvgIpc) is 2.50. The molecule has 1 saturated heterocycles. The van der Waals surface area contributed by atoms with E-state index in [2.05, 4.69) is 10.2 Å². The third-order valence-corrected chi connectivity index (χ3v) is 4.60. The van der Waals surface area contributed by atoms with Crippen molar-refractivity contribution in [3.63, 3.8) is 0 Å². The Bertz CT molecular complexity index is 499. The second-order valence-electron chi connectivity index (χ2n) is 5.37. The number of hydrogen-bond donors (Lipinski definition) is 2. The zero-order valence-electron chi connectivity index (χ0n) is 12.4. The highest BCUT2D eigenvalue weighted by atomic mass is 35.5. The van der Waals surface area contributed by atoms with Gasteiger partial charge in [0.15, 0.2) is 0 Å². The highest BCUT2D eigenvalue weighted by Gasteiger charge is 2.25. The standard InChI is InChI=1S/C15H21Cl2N3O.ClH/c16-13-5-1-3-11(14(13)17)9-20-8-2-4-12(10-20)15(21)19-7-6-18;/h1,3,5,12H,2,4,6-10,18H2,(H,19,21);1H. The lowest BCUT2D eigenvalue weighted by molar-refractivity contribution is -0.126. The van der Waals surface area contributed by atoms with Crippen LogP contribution < -0.4 is 11.1 Å². The first-order valence-corrected chi connectivity index (χ1v) is 8.00. The van der Waals surface area contributed by atoms with Crippen LogP contribution in [0.5, 0.6) is 0 Å². The van der Waals surface area contributed by atoms with Crippen LogP contribution in [0.1, 0.15) is 18.4 Å². The van der Waals surface area contributed by atoms with Crippen molar-refractivity contribution in [1.29, 1.82) is 0 Å². The van der Waals surface area contributed by atoms with Crippen LogP contribution in [-0.4, -0.2) is 37.0 Å². The van der Waals surface area contributed by atoms with Crippen LogP contribution in [0.15, 0.2) is 18.2 Å². The minimum Gasteiger partial charge on any atom is -0.355 e. The molecule has 0 radical (unpaired) electrons. The Morgan fingerprint density at radius 1 is 1.41 bits per heavy atom. The van der Waals surface area contributed by atoms with Gasteiger partial charge in [-0.25, -0.2) is 0 Å². The van der Waals surface area contributed by atoms with Crippen LogP contribution in [0.3, 0.4) is 0 Å². The number of nitrogens with zero attached hydrogens (tertiary/aromatic N) is 1. The molecule has 0 bridgehead atoms. The van der Waals surface area contributed by atoms with Gasteiger partial charge in [0, 0.05) is 26.2 Å². The molecule has 0 saturated carbocycles. The normalized spacial score (nSPS) is 18.6. The van der Waals surface area contributed by atoms with Gasteiger partial charge in [-0.3, -0.25) is 9.69 Å². The number of amides is 1. The van der Waals surface area contributed by atoms with E-state index in [9.17, 15) is 4.79 Å². The average molecular weight is 367 g/mol. The molecular formula is C15H22Cl3N3O. The van der Waals surface area contributed by atoms with Crippen molar-refractivity contribution in [2.75, 3.05) is 26.2 Å². The molecule has 1 aliphatic heterocycles. The van der Waals surface area contributed by atoms with Gasteiger partial charge < -0.3 is 11.1 Å². The number of hydrogen-bond acceptors (Lipinski definition) is 3. The van der Waals surface area contributed by atoms with Crippen molar-refractivity contribution in [2.24, 2.45) is 11.7 Å². The number of piperidine rings is 1. The van der Waals surface area contributed by atoms with Crippen molar-refractivity contribution in [2.45, 2.75) is 19.4 Å². The van der Waals surface area contributed by atoms with E-state index in [-0.39, 0.29) is 24.2 Å². The summed E-state index contributed by atoms with van der Waals surface area (Å²) < 4.78 is 0.